The number of aliphatic hydroxyl groups excluding tert-OH is 1. The summed E-state index contributed by atoms with van der Waals surface area (Å²) >= 11 is 7.56. The van der Waals surface area contributed by atoms with Gasteiger partial charge in [-0.3, -0.25) is 0 Å². The maximum Gasteiger partial charge on any atom is 0.157 e. The van der Waals surface area contributed by atoms with Gasteiger partial charge in [-0.15, -0.1) is 11.3 Å². The molecule has 7 heteroatoms. The van der Waals surface area contributed by atoms with Gasteiger partial charge in [0.25, 0.3) is 0 Å². The molecule has 0 aliphatic heterocycles. The molecule has 19 heavy (non-hydrogen) atoms. The molecule has 0 saturated carbocycles. The Morgan fingerprint density at radius 2 is 2.37 bits per heavy atom. The second-order valence-corrected chi connectivity index (χ2v) is 5.78. The summed E-state index contributed by atoms with van der Waals surface area (Å²) < 4.78 is 0. The van der Waals surface area contributed by atoms with Crippen LogP contribution < -0.4 is 11.1 Å². The van der Waals surface area contributed by atoms with E-state index < -0.39 is 0 Å². The molecule has 2 aromatic rings. The number of hydrogen-bond acceptors (Lipinski definition) is 6. The van der Waals surface area contributed by atoms with Crippen LogP contribution in [0, 0.1) is 0 Å². The summed E-state index contributed by atoms with van der Waals surface area (Å²) in [6.45, 7) is 0.158. The monoisotopic (exact) mass is 296 g/mol. The molecule has 3 rings (SSSR count). The van der Waals surface area contributed by atoms with Gasteiger partial charge in [0.2, 0.25) is 0 Å². The van der Waals surface area contributed by atoms with Gasteiger partial charge >= 0.3 is 0 Å². The third-order valence-corrected chi connectivity index (χ3v) is 4.76. The van der Waals surface area contributed by atoms with E-state index in [1.807, 2.05) is 5.38 Å². The van der Waals surface area contributed by atoms with E-state index in [4.69, 9.17) is 17.3 Å². The number of nitrogen functional groups attached to an aromatic ring is 1. The molecule has 0 spiro atoms. The topological polar surface area (TPSA) is 84.1 Å². The van der Waals surface area contributed by atoms with Crippen LogP contribution in [0.25, 0.3) is 0 Å². The molecular weight excluding hydrogens is 284 g/mol. The number of halogens is 1. The van der Waals surface area contributed by atoms with Crippen molar-refractivity contribution in [2.45, 2.75) is 18.4 Å². The summed E-state index contributed by atoms with van der Waals surface area (Å²) in [7, 11) is 0. The van der Waals surface area contributed by atoms with Crippen molar-refractivity contribution in [3.63, 3.8) is 0 Å². The van der Waals surface area contributed by atoms with Crippen molar-refractivity contribution in [1.82, 2.24) is 9.97 Å². The number of hydrogen-bond donors (Lipinski definition) is 3. The highest BCUT2D eigenvalue weighted by atomic mass is 35.5. The van der Waals surface area contributed by atoms with E-state index in [1.54, 1.807) is 11.3 Å². The summed E-state index contributed by atoms with van der Waals surface area (Å²) in [4.78, 5) is 9.19. The van der Waals surface area contributed by atoms with Crippen molar-refractivity contribution >= 4 is 34.4 Å². The van der Waals surface area contributed by atoms with Crippen molar-refractivity contribution in [2.75, 3.05) is 17.7 Å². The summed E-state index contributed by atoms with van der Waals surface area (Å²) in [6, 6.07) is 2.18. The second kappa shape index (κ2) is 4.96. The first kappa shape index (κ1) is 12.7. The zero-order valence-corrected chi connectivity index (χ0v) is 11.6. The summed E-state index contributed by atoms with van der Waals surface area (Å²) in [5, 5.41) is 15.0. The quantitative estimate of drug-likeness (QED) is 0.758. The standard InChI is InChI=1S/C12H13ClN4OS/c13-11-9(14)12(16-5-15-11)17-8-3-6(4-18)10-7(8)1-2-19-10/h1-2,5-6,8,18H,3-4,14H2,(H,15,16,17)/t6-,8+/m1/s1. The summed E-state index contributed by atoms with van der Waals surface area (Å²) in [6.07, 6.45) is 2.22. The molecule has 0 unspecified atom stereocenters. The van der Waals surface area contributed by atoms with Gasteiger partial charge in [0, 0.05) is 10.8 Å². The molecule has 100 valence electrons. The number of aliphatic hydroxyl groups is 1. The number of aromatic nitrogens is 2. The number of nitrogens with one attached hydrogen (secondary N) is 1. The lowest BCUT2D eigenvalue weighted by Gasteiger charge is -2.16. The molecule has 0 amide bonds. The van der Waals surface area contributed by atoms with E-state index >= 15 is 0 Å². The first-order valence-electron chi connectivity index (χ1n) is 5.91. The minimum absolute atomic E-state index is 0.103. The van der Waals surface area contributed by atoms with Gasteiger partial charge in [0.1, 0.15) is 12.0 Å². The Morgan fingerprint density at radius 1 is 1.53 bits per heavy atom. The molecule has 0 saturated heterocycles. The maximum absolute atomic E-state index is 9.42. The smallest absolute Gasteiger partial charge is 0.157 e. The predicted octanol–water partition coefficient (Wildman–Crippen LogP) is 2.41. The van der Waals surface area contributed by atoms with Crippen molar-refractivity contribution in [3.8, 4) is 0 Å². The second-order valence-electron chi connectivity index (χ2n) is 4.48. The Balaban J connectivity index is 1.88. The molecule has 2 heterocycles. The lowest BCUT2D eigenvalue weighted by molar-refractivity contribution is 0.264. The Bertz CT molecular complexity index is 603. The number of anilines is 2. The third kappa shape index (κ3) is 2.16. The largest absolute Gasteiger partial charge is 0.396 e. The van der Waals surface area contributed by atoms with Crippen LogP contribution in [0.4, 0.5) is 11.5 Å². The number of fused-ring (bicyclic) bond motifs is 1. The van der Waals surface area contributed by atoms with Gasteiger partial charge < -0.3 is 16.2 Å². The predicted molar refractivity (Wildman–Crippen MR) is 76.6 cm³/mol. The molecule has 1 aliphatic rings. The van der Waals surface area contributed by atoms with Crippen LogP contribution in [0.5, 0.6) is 0 Å². The fourth-order valence-corrected chi connectivity index (χ4v) is 3.62. The van der Waals surface area contributed by atoms with Crippen LogP contribution in [0.2, 0.25) is 5.15 Å². The van der Waals surface area contributed by atoms with Crippen LogP contribution in [0.1, 0.15) is 28.8 Å². The normalized spacial score (nSPS) is 21.4. The maximum atomic E-state index is 9.42. The zero-order valence-electron chi connectivity index (χ0n) is 10.0. The first-order valence-corrected chi connectivity index (χ1v) is 7.17. The molecule has 4 N–H and O–H groups in total. The fraction of sp³-hybridized carbons (Fsp3) is 0.333. The Morgan fingerprint density at radius 3 is 3.16 bits per heavy atom. The summed E-state index contributed by atoms with van der Waals surface area (Å²) in [5.41, 5.74) is 7.42. The fourth-order valence-electron chi connectivity index (χ4n) is 2.42. The van der Waals surface area contributed by atoms with Gasteiger partial charge in [0.05, 0.1) is 12.6 Å². The zero-order chi connectivity index (χ0) is 13.4. The molecule has 2 atom stereocenters. The number of nitrogens with two attached hydrogens (primary N) is 1. The van der Waals surface area contributed by atoms with Gasteiger partial charge in [-0.1, -0.05) is 11.6 Å². The molecule has 0 fully saturated rings. The lowest BCUT2D eigenvalue weighted by Crippen LogP contribution is -2.11. The van der Waals surface area contributed by atoms with Crippen molar-refractivity contribution in [2.24, 2.45) is 0 Å². The Labute approximate surface area is 119 Å². The van der Waals surface area contributed by atoms with Crippen LogP contribution in [-0.2, 0) is 0 Å². The third-order valence-electron chi connectivity index (χ3n) is 3.36. The van der Waals surface area contributed by atoms with Crippen molar-refractivity contribution in [1.29, 1.82) is 0 Å². The highest BCUT2D eigenvalue weighted by Crippen LogP contribution is 2.45. The first-order chi connectivity index (χ1) is 9.20. The highest BCUT2D eigenvalue weighted by Gasteiger charge is 2.32. The van der Waals surface area contributed by atoms with Crippen LogP contribution >= 0.6 is 22.9 Å². The van der Waals surface area contributed by atoms with Crippen LogP contribution in [-0.4, -0.2) is 21.7 Å². The van der Waals surface area contributed by atoms with Gasteiger partial charge in [-0.25, -0.2) is 9.97 Å². The summed E-state index contributed by atoms with van der Waals surface area (Å²) in [5.74, 6) is 0.728. The molecule has 5 nitrogen and oxygen atoms in total. The highest BCUT2D eigenvalue weighted by molar-refractivity contribution is 7.10. The number of thiophene rings is 1. The van der Waals surface area contributed by atoms with Crippen molar-refractivity contribution in [3.05, 3.63) is 33.4 Å². The Hall–Kier alpha value is -1.37. The number of nitrogens with zero attached hydrogens (tertiary/aromatic N) is 2. The van der Waals surface area contributed by atoms with E-state index in [2.05, 4.69) is 21.4 Å². The average molecular weight is 297 g/mol. The van der Waals surface area contributed by atoms with E-state index in [0.717, 1.165) is 6.42 Å². The molecule has 0 aromatic carbocycles. The number of rotatable bonds is 3. The van der Waals surface area contributed by atoms with E-state index in [9.17, 15) is 5.11 Å². The Kier molecular flexibility index (Phi) is 3.30. The molecule has 0 radical (unpaired) electrons. The molecular formula is C12H13ClN4OS. The van der Waals surface area contributed by atoms with Crippen LogP contribution in [0.15, 0.2) is 17.8 Å². The van der Waals surface area contributed by atoms with Gasteiger partial charge in [-0.2, -0.15) is 0 Å². The van der Waals surface area contributed by atoms with E-state index in [1.165, 1.54) is 16.8 Å². The van der Waals surface area contributed by atoms with E-state index in [-0.39, 0.29) is 23.7 Å². The SMILES string of the molecule is Nc1c(Cl)ncnc1N[C@H]1C[C@H](CO)c2sccc21. The average Bonchev–Trinajstić information content (AvgIpc) is 2.98. The van der Waals surface area contributed by atoms with Gasteiger partial charge in [-0.05, 0) is 23.4 Å². The van der Waals surface area contributed by atoms with Crippen LogP contribution in [0.3, 0.4) is 0 Å². The minimum atomic E-state index is 0.103. The van der Waals surface area contributed by atoms with Gasteiger partial charge in [0.15, 0.2) is 11.0 Å². The minimum Gasteiger partial charge on any atom is -0.396 e. The molecule has 0 bridgehead atoms. The molecule has 1 aliphatic carbocycles. The van der Waals surface area contributed by atoms with E-state index in [0.29, 0.717) is 11.5 Å². The molecule has 2 aromatic heterocycles. The van der Waals surface area contributed by atoms with Crippen molar-refractivity contribution < 1.29 is 5.11 Å². The lowest BCUT2D eigenvalue weighted by atomic mass is 10.1.